The van der Waals surface area contributed by atoms with Crippen LogP contribution in [0.1, 0.15) is 17.5 Å². The first-order valence-electron chi connectivity index (χ1n) is 10.5. The van der Waals surface area contributed by atoms with E-state index < -0.39 is 17.3 Å². The van der Waals surface area contributed by atoms with E-state index in [9.17, 15) is 28.2 Å². The molecule has 9 heteroatoms. The number of fused-ring (bicyclic) bond motifs is 2. The van der Waals surface area contributed by atoms with Crippen LogP contribution in [0.3, 0.4) is 0 Å². The Labute approximate surface area is 201 Å². The zero-order valence-electron chi connectivity index (χ0n) is 17.9. The minimum Gasteiger partial charge on any atom is -0.394 e. The minimum atomic E-state index is -4.37. The van der Waals surface area contributed by atoms with E-state index in [-0.39, 0.29) is 18.6 Å². The highest BCUT2D eigenvalue weighted by Gasteiger charge is 2.30. The average Bonchev–Trinajstić information content (AvgIpc) is 2.82. The maximum Gasteiger partial charge on any atom is 0.416 e. The molecule has 0 saturated carbocycles. The molecule has 4 aromatic rings. The second kappa shape index (κ2) is 9.67. The number of benzene rings is 3. The number of alkyl halides is 3. The molecule has 1 heterocycles. The fourth-order valence-corrected chi connectivity index (χ4v) is 5.57. The highest BCUT2D eigenvalue weighted by Crippen LogP contribution is 2.35. The molecule has 0 unspecified atom stereocenters. The van der Waals surface area contributed by atoms with Crippen molar-refractivity contribution in [1.82, 2.24) is 0 Å². The largest absolute Gasteiger partial charge is 0.416 e. The molecular weight excluding hydrogens is 483 g/mol. The zero-order valence-corrected chi connectivity index (χ0v) is 19.6. The fraction of sp³-hybridized carbons (Fsp3) is 0.240. The van der Waals surface area contributed by atoms with Crippen LogP contribution in [0.25, 0.3) is 20.2 Å². The van der Waals surface area contributed by atoms with Crippen LogP contribution in [0.5, 0.6) is 0 Å². The third-order valence-corrected chi connectivity index (χ3v) is 7.80. The van der Waals surface area contributed by atoms with Gasteiger partial charge < -0.3 is 15.9 Å². The van der Waals surface area contributed by atoms with Crippen molar-refractivity contribution in [2.24, 2.45) is 5.73 Å². The van der Waals surface area contributed by atoms with Gasteiger partial charge in [-0.2, -0.15) is 13.2 Å². The first kappa shape index (κ1) is 24.7. The van der Waals surface area contributed by atoms with Gasteiger partial charge in [0.25, 0.3) is 0 Å². The number of aliphatic hydroxyl groups is 2. The molecule has 0 aliphatic rings. The highest BCUT2D eigenvalue weighted by molar-refractivity contribution is 7.99. The van der Waals surface area contributed by atoms with E-state index in [1.54, 1.807) is 12.1 Å². The molecule has 0 fully saturated rings. The number of nitrogens with two attached hydrogens (primary N) is 1. The summed E-state index contributed by atoms with van der Waals surface area (Å²) in [4.78, 5) is 14.6. The SMILES string of the molecule is NC(CO)(CO)CCc1ccc2sc3cc(Sc4ccc(C(F)(F)F)cc4)ccc3c(=O)c2c1. The summed E-state index contributed by atoms with van der Waals surface area (Å²) in [6.07, 6.45) is -3.48. The molecule has 0 spiro atoms. The molecule has 0 radical (unpaired) electrons. The van der Waals surface area contributed by atoms with E-state index in [2.05, 4.69) is 0 Å². The van der Waals surface area contributed by atoms with Gasteiger partial charge >= 0.3 is 6.18 Å². The summed E-state index contributed by atoms with van der Waals surface area (Å²) in [5, 5.41) is 19.9. The van der Waals surface area contributed by atoms with E-state index in [0.717, 1.165) is 32.0 Å². The Balaban J connectivity index is 1.61. The summed E-state index contributed by atoms with van der Waals surface area (Å²) in [5.74, 6) is 0. The van der Waals surface area contributed by atoms with Gasteiger partial charge in [0.2, 0.25) is 0 Å². The number of hydrogen-bond donors (Lipinski definition) is 3. The second-order valence-electron chi connectivity index (χ2n) is 8.22. The van der Waals surface area contributed by atoms with Crippen LogP contribution in [0, 0.1) is 0 Å². The van der Waals surface area contributed by atoms with Crippen LogP contribution in [-0.4, -0.2) is 29.0 Å². The maximum atomic E-state index is 13.1. The summed E-state index contributed by atoms with van der Waals surface area (Å²) in [6.45, 7) is -0.660. The quantitative estimate of drug-likeness (QED) is 0.301. The Kier molecular flexibility index (Phi) is 7.02. The fourth-order valence-electron chi connectivity index (χ4n) is 3.55. The third kappa shape index (κ3) is 5.29. The van der Waals surface area contributed by atoms with Crippen molar-refractivity contribution in [1.29, 1.82) is 0 Å². The number of rotatable bonds is 7. The number of aryl methyl sites for hydroxylation is 1. The molecule has 178 valence electrons. The lowest BCUT2D eigenvalue weighted by atomic mass is 9.93. The van der Waals surface area contributed by atoms with Crippen LogP contribution >= 0.6 is 23.1 Å². The van der Waals surface area contributed by atoms with Gasteiger partial charge in [0, 0.05) is 30.0 Å². The molecular formula is C25H22F3NO3S2. The van der Waals surface area contributed by atoms with Gasteiger partial charge in [-0.3, -0.25) is 4.79 Å². The molecule has 0 aliphatic heterocycles. The second-order valence-corrected chi connectivity index (χ2v) is 10.5. The summed E-state index contributed by atoms with van der Waals surface area (Å²) in [6, 6.07) is 16.0. The smallest absolute Gasteiger partial charge is 0.394 e. The van der Waals surface area contributed by atoms with Crippen LogP contribution in [0.15, 0.2) is 75.2 Å². The van der Waals surface area contributed by atoms with Gasteiger partial charge in [0.15, 0.2) is 5.43 Å². The number of aliphatic hydroxyl groups excluding tert-OH is 2. The van der Waals surface area contributed by atoms with Gasteiger partial charge in [-0.15, -0.1) is 11.3 Å². The first-order chi connectivity index (χ1) is 16.1. The topological polar surface area (TPSA) is 83.6 Å². The number of hydrogen-bond acceptors (Lipinski definition) is 6. The Hall–Kier alpha value is -2.43. The lowest BCUT2D eigenvalue weighted by molar-refractivity contribution is -0.137. The van der Waals surface area contributed by atoms with Crippen LogP contribution in [-0.2, 0) is 12.6 Å². The molecule has 0 amide bonds. The van der Waals surface area contributed by atoms with E-state index >= 15 is 0 Å². The standard InChI is InChI=1S/C25H22F3NO3S2/c26-25(27,28)16-2-4-17(5-3-16)33-18-6-7-19-22(12-18)34-21-8-1-15(11-20(21)23(19)32)9-10-24(29,13-30)14-31/h1-8,11-12,30-31H,9-10,13-14,29H2. The predicted molar refractivity (Wildman–Crippen MR) is 131 cm³/mol. The van der Waals surface area contributed by atoms with Crippen molar-refractivity contribution in [3.05, 3.63) is 82.0 Å². The summed E-state index contributed by atoms with van der Waals surface area (Å²) in [7, 11) is 0. The van der Waals surface area contributed by atoms with Gasteiger partial charge in [-0.05, 0) is 73.0 Å². The van der Waals surface area contributed by atoms with Crippen LogP contribution < -0.4 is 11.2 Å². The van der Waals surface area contributed by atoms with Gasteiger partial charge in [0.05, 0.1) is 24.3 Å². The predicted octanol–water partition coefficient (Wildman–Crippen LogP) is 5.20. The van der Waals surface area contributed by atoms with Crippen molar-refractivity contribution in [3.63, 3.8) is 0 Å². The maximum absolute atomic E-state index is 13.1. The molecule has 34 heavy (non-hydrogen) atoms. The molecule has 0 saturated heterocycles. The lowest BCUT2D eigenvalue weighted by Crippen LogP contribution is -2.47. The summed E-state index contributed by atoms with van der Waals surface area (Å²) >= 11 is 2.80. The molecule has 1 aromatic heterocycles. The van der Waals surface area contributed by atoms with E-state index in [4.69, 9.17) is 5.73 Å². The van der Waals surface area contributed by atoms with Crippen molar-refractivity contribution in [3.8, 4) is 0 Å². The van der Waals surface area contributed by atoms with E-state index in [1.165, 1.54) is 35.2 Å². The van der Waals surface area contributed by atoms with E-state index in [0.29, 0.717) is 28.5 Å². The molecule has 0 atom stereocenters. The highest BCUT2D eigenvalue weighted by atomic mass is 32.2. The zero-order chi connectivity index (χ0) is 24.5. The van der Waals surface area contributed by atoms with Gasteiger partial charge in [-0.25, -0.2) is 0 Å². The van der Waals surface area contributed by atoms with Gasteiger partial charge in [-0.1, -0.05) is 17.8 Å². The molecule has 0 aliphatic carbocycles. The summed E-state index contributed by atoms with van der Waals surface area (Å²) in [5.41, 5.74) is 4.98. The monoisotopic (exact) mass is 505 g/mol. The molecule has 4 rings (SSSR count). The Morgan fingerprint density at radius 3 is 2.18 bits per heavy atom. The normalized spacial score (nSPS) is 12.5. The Morgan fingerprint density at radius 2 is 1.53 bits per heavy atom. The van der Waals surface area contributed by atoms with Crippen LogP contribution in [0.2, 0.25) is 0 Å². The average molecular weight is 506 g/mol. The number of halogens is 3. The third-order valence-electron chi connectivity index (χ3n) is 5.66. The van der Waals surface area contributed by atoms with Gasteiger partial charge in [0.1, 0.15) is 0 Å². The van der Waals surface area contributed by atoms with Crippen molar-refractivity contribution in [2.75, 3.05) is 13.2 Å². The van der Waals surface area contributed by atoms with Crippen LogP contribution in [0.4, 0.5) is 13.2 Å². The first-order valence-corrected chi connectivity index (χ1v) is 12.1. The Morgan fingerprint density at radius 1 is 0.853 bits per heavy atom. The Bertz CT molecular complexity index is 1380. The van der Waals surface area contributed by atoms with E-state index in [1.807, 2.05) is 24.3 Å². The lowest BCUT2D eigenvalue weighted by Gasteiger charge is -2.24. The minimum absolute atomic E-state index is 0.0972. The van der Waals surface area contributed by atoms with Crippen molar-refractivity contribution < 1.29 is 23.4 Å². The van der Waals surface area contributed by atoms with Crippen molar-refractivity contribution >= 4 is 43.3 Å². The molecule has 4 N–H and O–H groups in total. The van der Waals surface area contributed by atoms with Crippen molar-refractivity contribution in [2.45, 2.75) is 34.3 Å². The molecule has 0 bridgehead atoms. The molecule has 4 nitrogen and oxygen atoms in total. The summed E-state index contributed by atoms with van der Waals surface area (Å²) < 4.78 is 40.0. The molecule has 3 aromatic carbocycles.